The van der Waals surface area contributed by atoms with E-state index in [2.05, 4.69) is 55.4 Å². The van der Waals surface area contributed by atoms with Crippen LogP contribution in [0.3, 0.4) is 0 Å². The van der Waals surface area contributed by atoms with Crippen LogP contribution in [0.25, 0.3) is 0 Å². The van der Waals surface area contributed by atoms with Gasteiger partial charge in [-0.2, -0.15) is 0 Å². The van der Waals surface area contributed by atoms with Crippen molar-refractivity contribution in [1.82, 2.24) is 10.2 Å². The van der Waals surface area contributed by atoms with Crippen LogP contribution >= 0.6 is 0 Å². The lowest BCUT2D eigenvalue weighted by atomic mass is 9.91. The van der Waals surface area contributed by atoms with Crippen molar-refractivity contribution in [2.24, 2.45) is 5.92 Å². The Hall–Kier alpha value is -0.860. The van der Waals surface area contributed by atoms with Crippen molar-refractivity contribution in [3.05, 3.63) is 35.4 Å². The van der Waals surface area contributed by atoms with E-state index < -0.39 is 0 Å². The van der Waals surface area contributed by atoms with E-state index in [1.54, 1.807) is 0 Å². The number of rotatable bonds is 5. The SMILES string of the molecule is CCCN1CCC(CNC)C1c1ccccc1C. The number of hydrogen-bond acceptors (Lipinski definition) is 2. The molecule has 1 heterocycles. The van der Waals surface area contributed by atoms with E-state index in [0.717, 1.165) is 12.5 Å². The summed E-state index contributed by atoms with van der Waals surface area (Å²) in [5, 5.41) is 3.36. The third kappa shape index (κ3) is 2.76. The molecule has 2 unspecified atom stereocenters. The summed E-state index contributed by atoms with van der Waals surface area (Å²) in [5.74, 6) is 0.752. The number of likely N-dealkylation sites (tertiary alicyclic amines) is 1. The molecule has 1 fully saturated rings. The van der Waals surface area contributed by atoms with Gasteiger partial charge in [-0.25, -0.2) is 0 Å². The number of hydrogen-bond donors (Lipinski definition) is 1. The van der Waals surface area contributed by atoms with Crippen molar-refractivity contribution in [2.45, 2.75) is 32.7 Å². The van der Waals surface area contributed by atoms with Crippen molar-refractivity contribution < 1.29 is 0 Å². The van der Waals surface area contributed by atoms with E-state index in [1.807, 2.05) is 0 Å². The molecule has 0 aromatic heterocycles. The summed E-state index contributed by atoms with van der Waals surface area (Å²) in [6.45, 7) is 8.12. The van der Waals surface area contributed by atoms with Gasteiger partial charge in [-0.1, -0.05) is 31.2 Å². The quantitative estimate of drug-likeness (QED) is 0.859. The molecule has 0 radical (unpaired) electrons. The monoisotopic (exact) mass is 246 g/mol. The van der Waals surface area contributed by atoms with Crippen LogP contribution in [0, 0.1) is 12.8 Å². The molecule has 1 aromatic rings. The molecular formula is C16H26N2. The highest BCUT2D eigenvalue weighted by Crippen LogP contribution is 2.38. The molecule has 2 atom stereocenters. The zero-order valence-corrected chi connectivity index (χ0v) is 11.9. The van der Waals surface area contributed by atoms with Crippen molar-refractivity contribution in [2.75, 3.05) is 26.7 Å². The zero-order chi connectivity index (χ0) is 13.0. The maximum absolute atomic E-state index is 3.36. The Morgan fingerprint density at radius 2 is 2.11 bits per heavy atom. The molecular weight excluding hydrogens is 220 g/mol. The first kappa shape index (κ1) is 13.6. The fourth-order valence-corrected chi connectivity index (χ4v) is 3.31. The lowest BCUT2D eigenvalue weighted by Crippen LogP contribution is -2.30. The van der Waals surface area contributed by atoms with E-state index >= 15 is 0 Å². The standard InChI is InChI=1S/C16H26N2/c1-4-10-18-11-9-14(12-17-3)16(18)15-8-6-5-7-13(15)2/h5-8,14,16-17H,4,9-12H2,1-3H3. The van der Waals surface area contributed by atoms with E-state index in [0.29, 0.717) is 6.04 Å². The molecule has 0 spiro atoms. The van der Waals surface area contributed by atoms with E-state index in [-0.39, 0.29) is 0 Å². The van der Waals surface area contributed by atoms with Crippen LogP contribution in [0.15, 0.2) is 24.3 Å². The fraction of sp³-hybridized carbons (Fsp3) is 0.625. The second-order valence-electron chi connectivity index (χ2n) is 5.44. The Balaban J connectivity index is 2.25. The molecule has 18 heavy (non-hydrogen) atoms. The zero-order valence-electron chi connectivity index (χ0n) is 11.9. The number of nitrogens with zero attached hydrogens (tertiary/aromatic N) is 1. The minimum Gasteiger partial charge on any atom is -0.319 e. The molecule has 2 nitrogen and oxygen atoms in total. The number of benzene rings is 1. The Morgan fingerprint density at radius 1 is 1.33 bits per heavy atom. The molecule has 0 saturated carbocycles. The highest BCUT2D eigenvalue weighted by molar-refractivity contribution is 5.30. The number of nitrogens with one attached hydrogen (secondary N) is 1. The molecule has 0 bridgehead atoms. The van der Waals surface area contributed by atoms with Gasteiger partial charge in [0.1, 0.15) is 0 Å². The largest absolute Gasteiger partial charge is 0.319 e. The van der Waals surface area contributed by atoms with Gasteiger partial charge in [0.05, 0.1) is 0 Å². The maximum atomic E-state index is 3.36. The van der Waals surface area contributed by atoms with Crippen LogP contribution in [0.2, 0.25) is 0 Å². The van der Waals surface area contributed by atoms with Gasteiger partial charge in [-0.05, 0) is 63.5 Å². The molecule has 1 aliphatic heterocycles. The summed E-state index contributed by atoms with van der Waals surface area (Å²) < 4.78 is 0. The minimum absolute atomic E-state index is 0.610. The molecule has 1 N–H and O–H groups in total. The second-order valence-corrected chi connectivity index (χ2v) is 5.44. The summed E-state index contributed by atoms with van der Waals surface area (Å²) >= 11 is 0. The third-order valence-corrected chi connectivity index (χ3v) is 4.11. The van der Waals surface area contributed by atoms with Gasteiger partial charge in [-0.15, -0.1) is 0 Å². The third-order valence-electron chi connectivity index (χ3n) is 4.11. The Bertz CT molecular complexity index is 361. The summed E-state index contributed by atoms with van der Waals surface area (Å²) in [5.41, 5.74) is 2.97. The summed E-state index contributed by atoms with van der Waals surface area (Å²) in [4.78, 5) is 2.67. The Labute approximate surface area is 111 Å². The molecule has 0 aliphatic carbocycles. The van der Waals surface area contributed by atoms with Crippen LogP contribution < -0.4 is 5.32 Å². The smallest absolute Gasteiger partial charge is 0.0391 e. The highest BCUT2D eigenvalue weighted by atomic mass is 15.2. The predicted molar refractivity (Wildman–Crippen MR) is 77.8 cm³/mol. The Kier molecular flexibility index (Phi) is 4.79. The molecule has 100 valence electrons. The van der Waals surface area contributed by atoms with Crippen molar-refractivity contribution in [3.63, 3.8) is 0 Å². The predicted octanol–water partition coefficient (Wildman–Crippen LogP) is 2.99. The lowest BCUT2D eigenvalue weighted by molar-refractivity contribution is 0.226. The second kappa shape index (κ2) is 6.35. The average Bonchev–Trinajstić information content (AvgIpc) is 2.74. The molecule has 1 saturated heterocycles. The molecule has 2 rings (SSSR count). The molecule has 2 heteroatoms. The minimum atomic E-state index is 0.610. The lowest BCUT2D eigenvalue weighted by Gasteiger charge is -2.29. The molecule has 0 amide bonds. The summed E-state index contributed by atoms with van der Waals surface area (Å²) in [6.07, 6.45) is 2.56. The van der Waals surface area contributed by atoms with Gasteiger partial charge in [-0.3, -0.25) is 4.90 Å². The van der Waals surface area contributed by atoms with Gasteiger partial charge in [0.2, 0.25) is 0 Å². The maximum Gasteiger partial charge on any atom is 0.0391 e. The fourth-order valence-electron chi connectivity index (χ4n) is 3.31. The van der Waals surface area contributed by atoms with Crippen molar-refractivity contribution in [3.8, 4) is 0 Å². The topological polar surface area (TPSA) is 15.3 Å². The van der Waals surface area contributed by atoms with Gasteiger partial charge in [0.25, 0.3) is 0 Å². The van der Waals surface area contributed by atoms with Crippen molar-refractivity contribution >= 4 is 0 Å². The van der Waals surface area contributed by atoms with Crippen LogP contribution in [-0.2, 0) is 0 Å². The first-order chi connectivity index (χ1) is 8.77. The van der Waals surface area contributed by atoms with Crippen LogP contribution in [0.4, 0.5) is 0 Å². The summed E-state index contributed by atoms with van der Waals surface area (Å²) in [6, 6.07) is 9.50. The summed E-state index contributed by atoms with van der Waals surface area (Å²) in [7, 11) is 2.07. The van der Waals surface area contributed by atoms with Crippen LogP contribution in [0.1, 0.15) is 36.9 Å². The van der Waals surface area contributed by atoms with Gasteiger partial charge >= 0.3 is 0 Å². The first-order valence-electron chi connectivity index (χ1n) is 7.22. The molecule has 1 aromatic carbocycles. The average molecular weight is 246 g/mol. The van der Waals surface area contributed by atoms with E-state index in [9.17, 15) is 0 Å². The first-order valence-corrected chi connectivity index (χ1v) is 7.22. The van der Waals surface area contributed by atoms with Gasteiger partial charge in [0, 0.05) is 6.04 Å². The van der Waals surface area contributed by atoms with E-state index in [1.165, 1.54) is 37.1 Å². The van der Waals surface area contributed by atoms with Gasteiger partial charge in [0.15, 0.2) is 0 Å². The number of aryl methyl sites for hydroxylation is 1. The van der Waals surface area contributed by atoms with Crippen LogP contribution in [0.5, 0.6) is 0 Å². The normalized spacial score (nSPS) is 24.6. The van der Waals surface area contributed by atoms with Crippen LogP contribution in [-0.4, -0.2) is 31.6 Å². The Morgan fingerprint density at radius 3 is 2.78 bits per heavy atom. The van der Waals surface area contributed by atoms with Crippen molar-refractivity contribution in [1.29, 1.82) is 0 Å². The highest BCUT2D eigenvalue weighted by Gasteiger charge is 2.34. The van der Waals surface area contributed by atoms with Gasteiger partial charge < -0.3 is 5.32 Å². The molecule has 1 aliphatic rings. The van der Waals surface area contributed by atoms with E-state index in [4.69, 9.17) is 0 Å².